The second-order valence-electron chi connectivity index (χ2n) is 7.05. The van der Waals surface area contributed by atoms with Crippen molar-refractivity contribution in [2.45, 2.75) is 59.4 Å². The van der Waals surface area contributed by atoms with Gasteiger partial charge in [0.15, 0.2) is 0 Å². The van der Waals surface area contributed by atoms with Gasteiger partial charge >= 0.3 is 0 Å². The average Bonchev–Trinajstić information content (AvgIpc) is 2.49. The first kappa shape index (κ1) is 19.2. The van der Waals surface area contributed by atoms with Gasteiger partial charge in [0.1, 0.15) is 0 Å². The smallest absolute Gasteiger partial charge is 0.251 e. The van der Waals surface area contributed by atoms with E-state index < -0.39 is 0 Å². The maximum atomic E-state index is 12.2. The Labute approximate surface area is 140 Å². The summed E-state index contributed by atoms with van der Waals surface area (Å²) in [5.41, 5.74) is 1.93. The minimum atomic E-state index is -0.0990. The van der Waals surface area contributed by atoms with Crippen molar-refractivity contribution < 1.29 is 9.59 Å². The van der Waals surface area contributed by atoms with Crippen molar-refractivity contribution in [2.24, 2.45) is 0 Å². The second kappa shape index (κ2) is 8.14. The lowest BCUT2D eigenvalue weighted by Crippen LogP contribution is -2.42. The fraction of sp³-hybridized carbons (Fsp3) is 0.579. The Kier molecular flexibility index (Phi) is 6.79. The summed E-state index contributed by atoms with van der Waals surface area (Å²) in [6.45, 7) is 13.1. The first-order chi connectivity index (χ1) is 10.7. The van der Waals surface area contributed by atoms with Crippen molar-refractivity contribution >= 4 is 11.8 Å². The molecule has 0 saturated heterocycles. The third kappa shape index (κ3) is 5.70. The maximum absolute atomic E-state index is 12.2. The van der Waals surface area contributed by atoms with Gasteiger partial charge in [-0.15, -0.1) is 0 Å². The fourth-order valence-corrected chi connectivity index (χ4v) is 2.42. The molecule has 0 heterocycles. The molecule has 1 atom stereocenters. The summed E-state index contributed by atoms with van der Waals surface area (Å²) < 4.78 is 0. The molecule has 4 heteroatoms. The lowest BCUT2D eigenvalue weighted by molar-refractivity contribution is -0.130. The van der Waals surface area contributed by atoms with E-state index in [4.69, 9.17) is 0 Å². The molecule has 0 fully saturated rings. The summed E-state index contributed by atoms with van der Waals surface area (Å²) in [6, 6.07) is 7.89. The van der Waals surface area contributed by atoms with Crippen molar-refractivity contribution in [2.75, 3.05) is 13.1 Å². The van der Waals surface area contributed by atoms with Crippen LogP contribution in [0.2, 0.25) is 0 Å². The van der Waals surface area contributed by atoms with Crippen LogP contribution in [0.3, 0.4) is 0 Å². The van der Waals surface area contributed by atoms with Crippen LogP contribution in [-0.4, -0.2) is 35.8 Å². The quantitative estimate of drug-likeness (QED) is 0.874. The molecule has 1 rings (SSSR count). The van der Waals surface area contributed by atoms with Crippen LogP contribution in [0.25, 0.3) is 0 Å². The molecule has 4 nitrogen and oxygen atoms in total. The largest absolute Gasteiger partial charge is 0.350 e. The third-order valence-corrected chi connectivity index (χ3v) is 4.18. The monoisotopic (exact) mass is 318 g/mol. The van der Waals surface area contributed by atoms with Gasteiger partial charge in [-0.05, 0) is 36.5 Å². The first-order valence-electron chi connectivity index (χ1n) is 8.32. The highest BCUT2D eigenvalue weighted by Gasteiger charge is 2.16. The van der Waals surface area contributed by atoms with Gasteiger partial charge in [-0.2, -0.15) is 0 Å². The van der Waals surface area contributed by atoms with Crippen LogP contribution >= 0.6 is 0 Å². The molecule has 0 aliphatic rings. The molecule has 1 unspecified atom stereocenters. The zero-order valence-electron chi connectivity index (χ0n) is 15.3. The molecule has 128 valence electrons. The summed E-state index contributed by atoms with van der Waals surface area (Å²) >= 11 is 0. The number of nitrogens with one attached hydrogen (secondary N) is 1. The molecular weight excluding hydrogens is 288 g/mol. The normalized spacial score (nSPS) is 12.6. The summed E-state index contributed by atoms with van der Waals surface area (Å²) in [6.07, 6.45) is 0.905. The summed E-state index contributed by atoms with van der Waals surface area (Å²) in [5, 5.41) is 2.89. The van der Waals surface area contributed by atoms with E-state index in [9.17, 15) is 9.59 Å². The van der Waals surface area contributed by atoms with Gasteiger partial charge in [-0.1, -0.05) is 39.8 Å². The van der Waals surface area contributed by atoms with E-state index in [1.165, 1.54) is 5.56 Å². The van der Waals surface area contributed by atoms with Gasteiger partial charge in [0.05, 0.1) is 0 Å². The highest BCUT2D eigenvalue weighted by Crippen LogP contribution is 2.22. The Balaban J connectivity index is 2.58. The predicted molar refractivity (Wildman–Crippen MR) is 94.6 cm³/mol. The number of hydrogen-bond donors (Lipinski definition) is 1. The molecule has 23 heavy (non-hydrogen) atoms. The van der Waals surface area contributed by atoms with Gasteiger partial charge in [-0.3, -0.25) is 9.59 Å². The molecule has 1 aromatic carbocycles. The van der Waals surface area contributed by atoms with Crippen LogP contribution in [0.15, 0.2) is 24.3 Å². The number of benzene rings is 1. The number of rotatable bonds is 6. The van der Waals surface area contributed by atoms with Crippen molar-refractivity contribution in [1.82, 2.24) is 10.2 Å². The van der Waals surface area contributed by atoms with E-state index in [-0.39, 0.29) is 23.3 Å². The molecule has 0 radical (unpaired) electrons. The maximum Gasteiger partial charge on any atom is 0.251 e. The van der Waals surface area contributed by atoms with E-state index in [0.29, 0.717) is 18.7 Å². The number of amides is 2. The first-order valence-corrected chi connectivity index (χ1v) is 8.32. The molecule has 0 spiro atoms. The van der Waals surface area contributed by atoms with E-state index in [2.05, 4.69) is 33.0 Å². The number of carbonyl (C=O) groups excluding carboxylic acids is 2. The molecule has 0 bridgehead atoms. The Bertz CT molecular complexity index is 529. The molecule has 1 N–H and O–H groups in total. The van der Waals surface area contributed by atoms with Crippen molar-refractivity contribution in [3.8, 4) is 0 Å². The Morgan fingerprint density at radius 2 is 1.74 bits per heavy atom. The zero-order valence-corrected chi connectivity index (χ0v) is 15.3. The lowest BCUT2D eigenvalue weighted by atomic mass is 9.87. The molecule has 2 amide bonds. The van der Waals surface area contributed by atoms with Crippen LogP contribution in [-0.2, 0) is 10.2 Å². The highest BCUT2D eigenvalue weighted by molar-refractivity contribution is 5.94. The van der Waals surface area contributed by atoms with Gasteiger partial charge in [0.2, 0.25) is 5.91 Å². The van der Waals surface area contributed by atoms with Crippen LogP contribution in [0, 0.1) is 0 Å². The summed E-state index contributed by atoms with van der Waals surface area (Å²) in [7, 11) is 0. The number of hydrogen-bond acceptors (Lipinski definition) is 2. The molecule has 0 saturated carbocycles. The van der Waals surface area contributed by atoms with Gasteiger partial charge < -0.3 is 10.2 Å². The standard InChI is InChI=1S/C19H30N2O2/c1-7-14(2)21(15(3)22)13-12-20-18(23)16-8-10-17(11-9-16)19(4,5)6/h8-11,14H,7,12-13H2,1-6H3,(H,20,23). The van der Waals surface area contributed by atoms with Crippen LogP contribution < -0.4 is 5.32 Å². The minimum Gasteiger partial charge on any atom is -0.350 e. The SMILES string of the molecule is CCC(C)N(CCNC(=O)c1ccc(C(C)(C)C)cc1)C(C)=O. The lowest BCUT2D eigenvalue weighted by Gasteiger charge is -2.27. The number of carbonyl (C=O) groups is 2. The van der Waals surface area contributed by atoms with E-state index >= 15 is 0 Å². The van der Waals surface area contributed by atoms with Crippen LogP contribution in [0.1, 0.15) is 63.9 Å². The van der Waals surface area contributed by atoms with Crippen LogP contribution in [0.4, 0.5) is 0 Å². The molecule has 1 aromatic rings. The Hall–Kier alpha value is -1.84. The highest BCUT2D eigenvalue weighted by atomic mass is 16.2. The summed E-state index contributed by atoms with van der Waals surface area (Å²) in [5.74, 6) is -0.0544. The Morgan fingerprint density at radius 3 is 2.17 bits per heavy atom. The predicted octanol–water partition coefficient (Wildman–Crippen LogP) is 3.36. The van der Waals surface area contributed by atoms with E-state index in [1.807, 2.05) is 31.2 Å². The van der Waals surface area contributed by atoms with Crippen molar-refractivity contribution in [3.63, 3.8) is 0 Å². The molecule has 0 aromatic heterocycles. The van der Waals surface area contributed by atoms with Crippen molar-refractivity contribution in [3.05, 3.63) is 35.4 Å². The molecular formula is C19H30N2O2. The van der Waals surface area contributed by atoms with E-state index in [0.717, 1.165) is 6.42 Å². The zero-order chi connectivity index (χ0) is 17.6. The Morgan fingerprint density at radius 1 is 1.17 bits per heavy atom. The molecule has 0 aliphatic carbocycles. The van der Waals surface area contributed by atoms with E-state index in [1.54, 1.807) is 11.8 Å². The average molecular weight is 318 g/mol. The third-order valence-electron chi connectivity index (χ3n) is 4.18. The van der Waals surface area contributed by atoms with Gasteiger partial charge in [0.25, 0.3) is 5.91 Å². The van der Waals surface area contributed by atoms with Crippen molar-refractivity contribution in [1.29, 1.82) is 0 Å². The minimum absolute atomic E-state index is 0.0446. The number of nitrogens with zero attached hydrogens (tertiary/aromatic N) is 1. The second-order valence-corrected chi connectivity index (χ2v) is 7.05. The molecule has 0 aliphatic heterocycles. The topological polar surface area (TPSA) is 49.4 Å². The van der Waals surface area contributed by atoms with Crippen LogP contribution in [0.5, 0.6) is 0 Å². The van der Waals surface area contributed by atoms with Gasteiger partial charge in [0, 0.05) is 31.6 Å². The fourth-order valence-electron chi connectivity index (χ4n) is 2.42. The van der Waals surface area contributed by atoms with Gasteiger partial charge in [-0.25, -0.2) is 0 Å². The summed E-state index contributed by atoms with van der Waals surface area (Å²) in [4.78, 5) is 25.6.